The zero-order valence-corrected chi connectivity index (χ0v) is 14.5. The second kappa shape index (κ2) is 7.86. The van der Waals surface area contributed by atoms with Crippen LogP contribution in [0.15, 0.2) is 54.6 Å². The lowest BCUT2D eigenvalue weighted by atomic mass is 9.80. The van der Waals surface area contributed by atoms with Gasteiger partial charge in [0.2, 0.25) is 5.91 Å². The van der Waals surface area contributed by atoms with E-state index in [-0.39, 0.29) is 5.91 Å². The predicted octanol–water partition coefficient (Wildman–Crippen LogP) is 2.96. The van der Waals surface area contributed by atoms with E-state index in [9.17, 15) is 9.90 Å². The topological polar surface area (TPSA) is 49.3 Å². The van der Waals surface area contributed by atoms with Crippen molar-refractivity contribution in [1.82, 2.24) is 5.32 Å². The molecule has 1 unspecified atom stereocenters. The summed E-state index contributed by atoms with van der Waals surface area (Å²) in [4.78, 5) is 12.0. The molecular formula is C20H23NO2S. The van der Waals surface area contributed by atoms with Gasteiger partial charge in [0, 0.05) is 18.7 Å². The number of amides is 1. The number of aliphatic hydroxyl groups is 1. The molecule has 24 heavy (non-hydrogen) atoms. The molecule has 1 aliphatic carbocycles. The molecule has 2 N–H and O–H groups in total. The summed E-state index contributed by atoms with van der Waals surface area (Å²) >= 11 is 1.59. The van der Waals surface area contributed by atoms with Gasteiger partial charge >= 0.3 is 0 Å². The third-order valence-electron chi connectivity index (χ3n) is 4.46. The van der Waals surface area contributed by atoms with E-state index in [1.807, 2.05) is 30.3 Å². The minimum atomic E-state index is -0.825. The van der Waals surface area contributed by atoms with Gasteiger partial charge in [-0.3, -0.25) is 4.79 Å². The third kappa shape index (κ3) is 4.62. The van der Waals surface area contributed by atoms with Gasteiger partial charge in [0.25, 0.3) is 0 Å². The highest BCUT2D eigenvalue weighted by Gasteiger charge is 2.32. The van der Waals surface area contributed by atoms with Crippen molar-refractivity contribution in [2.45, 2.75) is 30.6 Å². The molecule has 1 amide bonds. The van der Waals surface area contributed by atoms with Gasteiger partial charge in [-0.15, -0.1) is 11.8 Å². The Hall–Kier alpha value is -1.78. The normalized spacial score (nSPS) is 19.5. The summed E-state index contributed by atoms with van der Waals surface area (Å²) in [6, 6.07) is 18.4. The number of hydrogen-bond acceptors (Lipinski definition) is 3. The van der Waals surface area contributed by atoms with Crippen LogP contribution in [0.25, 0.3) is 0 Å². The molecule has 2 aromatic rings. The molecule has 0 heterocycles. The second-order valence-electron chi connectivity index (χ2n) is 6.42. The van der Waals surface area contributed by atoms with Crippen LogP contribution < -0.4 is 5.32 Å². The molecule has 0 saturated heterocycles. The summed E-state index contributed by atoms with van der Waals surface area (Å²) in [7, 11) is 0. The van der Waals surface area contributed by atoms with Crippen molar-refractivity contribution in [3.8, 4) is 0 Å². The fourth-order valence-corrected chi connectivity index (χ4v) is 3.90. The van der Waals surface area contributed by atoms with Crippen molar-refractivity contribution in [3.05, 3.63) is 71.3 Å². The third-order valence-corrected chi connectivity index (χ3v) is 5.46. The Balaban J connectivity index is 1.43. The van der Waals surface area contributed by atoms with Gasteiger partial charge in [-0.25, -0.2) is 0 Å². The highest BCUT2D eigenvalue weighted by molar-refractivity contribution is 7.99. The molecule has 0 spiro atoms. The molecule has 4 heteroatoms. The number of fused-ring (bicyclic) bond motifs is 1. The van der Waals surface area contributed by atoms with Crippen molar-refractivity contribution in [3.63, 3.8) is 0 Å². The van der Waals surface area contributed by atoms with Gasteiger partial charge in [-0.05, 0) is 29.5 Å². The Kier molecular flexibility index (Phi) is 5.59. The van der Waals surface area contributed by atoms with Gasteiger partial charge in [0.05, 0.1) is 11.4 Å². The smallest absolute Gasteiger partial charge is 0.230 e. The Morgan fingerprint density at radius 2 is 1.79 bits per heavy atom. The van der Waals surface area contributed by atoms with Gasteiger partial charge in [-0.2, -0.15) is 0 Å². The maximum Gasteiger partial charge on any atom is 0.230 e. The van der Waals surface area contributed by atoms with Gasteiger partial charge in [0.15, 0.2) is 0 Å². The van der Waals surface area contributed by atoms with Crippen LogP contribution in [0, 0.1) is 0 Å². The molecule has 0 aliphatic heterocycles. The van der Waals surface area contributed by atoms with Crippen molar-refractivity contribution in [1.29, 1.82) is 0 Å². The number of benzene rings is 2. The van der Waals surface area contributed by atoms with E-state index in [4.69, 9.17) is 0 Å². The fraction of sp³-hybridized carbons (Fsp3) is 0.350. The molecule has 1 atom stereocenters. The van der Waals surface area contributed by atoms with E-state index in [0.717, 1.165) is 12.2 Å². The Morgan fingerprint density at radius 3 is 2.58 bits per heavy atom. The molecule has 126 valence electrons. The molecule has 0 aromatic heterocycles. The van der Waals surface area contributed by atoms with Crippen LogP contribution in [0.1, 0.15) is 23.1 Å². The average Bonchev–Trinajstić information content (AvgIpc) is 2.61. The summed E-state index contributed by atoms with van der Waals surface area (Å²) in [6.45, 7) is 0.325. The lowest BCUT2D eigenvalue weighted by molar-refractivity contribution is -0.119. The van der Waals surface area contributed by atoms with Gasteiger partial charge in [-0.1, -0.05) is 54.6 Å². The van der Waals surface area contributed by atoms with Crippen LogP contribution in [0.4, 0.5) is 0 Å². The fourth-order valence-electron chi connectivity index (χ4n) is 3.08. The number of carbonyl (C=O) groups excluding carboxylic acids is 1. The first kappa shape index (κ1) is 17.1. The van der Waals surface area contributed by atoms with E-state index in [2.05, 4.69) is 29.6 Å². The number of carbonyl (C=O) groups is 1. The van der Waals surface area contributed by atoms with E-state index >= 15 is 0 Å². The van der Waals surface area contributed by atoms with Crippen LogP contribution in [0.5, 0.6) is 0 Å². The van der Waals surface area contributed by atoms with Crippen LogP contribution in [-0.4, -0.2) is 28.9 Å². The number of hydrogen-bond donors (Lipinski definition) is 2. The first-order valence-corrected chi connectivity index (χ1v) is 9.48. The molecule has 3 rings (SSSR count). The lowest BCUT2D eigenvalue weighted by Crippen LogP contribution is -2.47. The molecule has 0 bridgehead atoms. The maximum atomic E-state index is 12.0. The minimum absolute atomic E-state index is 0.0109. The Morgan fingerprint density at radius 1 is 1.08 bits per heavy atom. The van der Waals surface area contributed by atoms with Crippen LogP contribution in [0.2, 0.25) is 0 Å². The van der Waals surface area contributed by atoms with E-state index in [0.29, 0.717) is 25.1 Å². The molecular weight excluding hydrogens is 318 g/mol. The van der Waals surface area contributed by atoms with E-state index < -0.39 is 5.60 Å². The van der Waals surface area contributed by atoms with Gasteiger partial charge < -0.3 is 10.4 Å². The van der Waals surface area contributed by atoms with Crippen LogP contribution in [0.3, 0.4) is 0 Å². The van der Waals surface area contributed by atoms with Crippen LogP contribution in [-0.2, 0) is 23.4 Å². The van der Waals surface area contributed by atoms with E-state index in [1.54, 1.807) is 11.8 Å². The van der Waals surface area contributed by atoms with Crippen molar-refractivity contribution in [2.24, 2.45) is 0 Å². The number of rotatable bonds is 6. The number of aryl methyl sites for hydroxylation is 1. The minimum Gasteiger partial charge on any atom is -0.388 e. The largest absolute Gasteiger partial charge is 0.388 e. The quantitative estimate of drug-likeness (QED) is 0.849. The van der Waals surface area contributed by atoms with Crippen molar-refractivity contribution in [2.75, 3.05) is 12.3 Å². The molecule has 0 saturated carbocycles. The van der Waals surface area contributed by atoms with Gasteiger partial charge in [0.1, 0.15) is 0 Å². The molecule has 3 nitrogen and oxygen atoms in total. The first-order chi connectivity index (χ1) is 11.6. The average molecular weight is 341 g/mol. The number of nitrogens with one attached hydrogen (secondary N) is 1. The summed E-state index contributed by atoms with van der Waals surface area (Å²) in [5.74, 6) is 1.23. The highest BCUT2D eigenvalue weighted by atomic mass is 32.2. The maximum absolute atomic E-state index is 12.0. The summed E-state index contributed by atoms with van der Waals surface area (Å²) in [5, 5.41) is 13.6. The summed E-state index contributed by atoms with van der Waals surface area (Å²) in [5.41, 5.74) is 2.90. The first-order valence-electron chi connectivity index (χ1n) is 8.32. The number of thioether (sulfide) groups is 1. The monoisotopic (exact) mass is 341 g/mol. The summed E-state index contributed by atoms with van der Waals surface area (Å²) in [6.07, 6.45) is 2.17. The predicted molar refractivity (Wildman–Crippen MR) is 99.0 cm³/mol. The molecule has 1 aliphatic rings. The molecule has 0 fully saturated rings. The molecule has 2 aromatic carbocycles. The zero-order valence-electron chi connectivity index (χ0n) is 13.7. The van der Waals surface area contributed by atoms with Crippen molar-refractivity contribution < 1.29 is 9.90 Å². The molecule has 0 radical (unpaired) electrons. The SMILES string of the molecule is O=C(CSCc1ccccc1)NCC1(O)CCc2ccccc2C1. The van der Waals surface area contributed by atoms with E-state index in [1.165, 1.54) is 16.7 Å². The van der Waals surface area contributed by atoms with Crippen LogP contribution >= 0.6 is 11.8 Å². The highest BCUT2D eigenvalue weighted by Crippen LogP contribution is 2.28. The Bertz CT molecular complexity index is 689. The standard InChI is InChI=1S/C20H23NO2S/c22-19(14-24-13-16-6-2-1-3-7-16)21-15-20(23)11-10-17-8-4-5-9-18(17)12-20/h1-9,23H,10-15H2,(H,21,22). The van der Waals surface area contributed by atoms with Crippen molar-refractivity contribution >= 4 is 17.7 Å². The summed E-state index contributed by atoms with van der Waals surface area (Å²) < 4.78 is 0. The zero-order chi connectivity index (χ0) is 16.8. The Labute approximate surface area is 147 Å². The lowest BCUT2D eigenvalue weighted by Gasteiger charge is -2.33. The second-order valence-corrected chi connectivity index (χ2v) is 7.41.